The van der Waals surface area contributed by atoms with Crippen LogP contribution in [0.25, 0.3) is 0 Å². The Morgan fingerprint density at radius 1 is 1.08 bits per heavy atom. The maximum absolute atomic E-state index is 12.5. The first-order valence-electron chi connectivity index (χ1n) is 8.19. The second kappa shape index (κ2) is 6.48. The van der Waals surface area contributed by atoms with E-state index in [-0.39, 0.29) is 24.2 Å². The summed E-state index contributed by atoms with van der Waals surface area (Å²) in [7, 11) is 0. The lowest BCUT2D eigenvalue weighted by Gasteiger charge is -2.19. The lowest BCUT2D eigenvalue weighted by molar-refractivity contribution is -0.122. The minimum Gasteiger partial charge on any atom is -0.326 e. The quantitative estimate of drug-likeness (QED) is 0.938. The summed E-state index contributed by atoms with van der Waals surface area (Å²) in [5.41, 5.74) is 4.93. The van der Waals surface area contributed by atoms with Gasteiger partial charge in [0.15, 0.2) is 0 Å². The second-order valence-corrected chi connectivity index (χ2v) is 6.55. The zero-order valence-corrected chi connectivity index (χ0v) is 14.3. The van der Waals surface area contributed by atoms with Crippen LogP contribution in [0.15, 0.2) is 42.5 Å². The van der Waals surface area contributed by atoms with E-state index in [0.717, 1.165) is 28.1 Å². The topological polar surface area (TPSA) is 49.4 Å². The van der Waals surface area contributed by atoms with Gasteiger partial charge in [-0.25, -0.2) is 0 Å². The molecule has 0 aromatic heterocycles. The fraction of sp³-hybridized carbons (Fsp3) is 0.300. The highest BCUT2D eigenvalue weighted by Crippen LogP contribution is 2.29. The van der Waals surface area contributed by atoms with Gasteiger partial charge in [0.25, 0.3) is 0 Å². The Labute approximate surface area is 142 Å². The highest BCUT2D eigenvalue weighted by atomic mass is 16.2. The average molecular weight is 322 g/mol. The first kappa shape index (κ1) is 16.2. The normalized spacial score (nSPS) is 17.2. The fourth-order valence-electron chi connectivity index (χ4n) is 3.09. The van der Waals surface area contributed by atoms with Crippen molar-refractivity contribution in [2.75, 3.05) is 16.8 Å². The van der Waals surface area contributed by atoms with Crippen LogP contribution in [0, 0.1) is 26.7 Å². The van der Waals surface area contributed by atoms with Crippen LogP contribution in [-0.4, -0.2) is 18.4 Å². The number of aryl methyl sites for hydroxylation is 3. The predicted octanol–water partition coefficient (Wildman–Crippen LogP) is 3.60. The monoisotopic (exact) mass is 322 g/mol. The van der Waals surface area contributed by atoms with Gasteiger partial charge in [-0.15, -0.1) is 0 Å². The maximum atomic E-state index is 12.5. The minimum atomic E-state index is -0.321. The number of hydrogen-bond acceptors (Lipinski definition) is 2. The van der Waals surface area contributed by atoms with Crippen LogP contribution in [0.2, 0.25) is 0 Å². The van der Waals surface area contributed by atoms with Crippen molar-refractivity contribution in [1.82, 2.24) is 0 Å². The Kier molecular flexibility index (Phi) is 4.38. The van der Waals surface area contributed by atoms with Gasteiger partial charge in [0, 0.05) is 24.3 Å². The third-order valence-corrected chi connectivity index (χ3v) is 4.44. The van der Waals surface area contributed by atoms with E-state index in [9.17, 15) is 9.59 Å². The summed E-state index contributed by atoms with van der Waals surface area (Å²) in [6, 6.07) is 13.7. The third kappa shape index (κ3) is 3.32. The first-order chi connectivity index (χ1) is 11.4. The van der Waals surface area contributed by atoms with Crippen molar-refractivity contribution in [1.29, 1.82) is 0 Å². The first-order valence-corrected chi connectivity index (χ1v) is 8.19. The molecule has 1 heterocycles. The molecule has 0 saturated carbocycles. The third-order valence-electron chi connectivity index (χ3n) is 4.44. The van der Waals surface area contributed by atoms with Gasteiger partial charge in [0.05, 0.1) is 5.92 Å². The lowest BCUT2D eigenvalue weighted by Crippen LogP contribution is -2.28. The predicted molar refractivity (Wildman–Crippen MR) is 96.2 cm³/mol. The van der Waals surface area contributed by atoms with Gasteiger partial charge in [0.2, 0.25) is 11.8 Å². The number of amides is 2. The Morgan fingerprint density at radius 3 is 2.58 bits per heavy atom. The largest absolute Gasteiger partial charge is 0.326 e. The van der Waals surface area contributed by atoms with Crippen molar-refractivity contribution in [2.24, 2.45) is 5.92 Å². The lowest BCUT2D eigenvalue weighted by atomic mass is 10.1. The van der Waals surface area contributed by atoms with Crippen molar-refractivity contribution in [2.45, 2.75) is 27.2 Å². The van der Waals surface area contributed by atoms with E-state index in [2.05, 4.69) is 5.32 Å². The maximum Gasteiger partial charge on any atom is 0.229 e. The molecule has 1 fully saturated rings. The summed E-state index contributed by atoms with van der Waals surface area (Å²) in [5, 5.41) is 2.93. The molecule has 2 aromatic carbocycles. The number of rotatable bonds is 3. The number of benzene rings is 2. The second-order valence-electron chi connectivity index (χ2n) is 6.55. The average Bonchev–Trinajstić information content (AvgIpc) is 2.92. The van der Waals surface area contributed by atoms with E-state index in [1.54, 1.807) is 4.90 Å². The van der Waals surface area contributed by atoms with E-state index in [0.29, 0.717) is 6.54 Å². The van der Waals surface area contributed by atoms with Crippen molar-refractivity contribution in [3.8, 4) is 0 Å². The molecule has 0 unspecified atom stereocenters. The van der Waals surface area contributed by atoms with E-state index < -0.39 is 0 Å². The van der Waals surface area contributed by atoms with Gasteiger partial charge in [-0.2, -0.15) is 0 Å². The number of carbonyl (C=O) groups excluding carboxylic acids is 2. The molecule has 1 N–H and O–H groups in total. The van der Waals surface area contributed by atoms with Gasteiger partial charge < -0.3 is 10.2 Å². The van der Waals surface area contributed by atoms with Crippen LogP contribution < -0.4 is 10.2 Å². The van der Waals surface area contributed by atoms with Gasteiger partial charge >= 0.3 is 0 Å². The van der Waals surface area contributed by atoms with E-state index in [1.165, 1.54) is 0 Å². The van der Waals surface area contributed by atoms with Crippen LogP contribution >= 0.6 is 0 Å². The van der Waals surface area contributed by atoms with Crippen molar-refractivity contribution in [3.63, 3.8) is 0 Å². The summed E-state index contributed by atoms with van der Waals surface area (Å²) >= 11 is 0. The summed E-state index contributed by atoms with van der Waals surface area (Å²) in [4.78, 5) is 26.7. The number of hydrogen-bond donors (Lipinski definition) is 1. The van der Waals surface area contributed by atoms with Gasteiger partial charge in [0.1, 0.15) is 0 Å². The van der Waals surface area contributed by atoms with Crippen LogP contribution in [0.5, 0.6) is 0 Å². The van der Waals surface area contributed by atoms with Crippen LogP contribution in [-0.2, 0) is 9.59 Å². The molecular formula is C20H22N2O2. The smallest absolute Gasteiger partial charge is 0.229 e. The molecule has 24 heavy (non-hydrogen) atoms. The molecule has 4 heteroatoms. The van der Waals surface area contributed by atoms with Crippen LogP contribution in [0.4, 0.5) is 11.4 Å². The highest BCUT2D eigenvalue weighted by molar-refractivity contribution is 6.03. The minimum absolute atomic E-state index is 0.00749. The summed E-state index contributed by atoms with van der Waals surface area (Å²) in [6.07, 6.45) is 0.255. The number of nitrogens with zero attached hydrogens (tertiary/aromatic N) is 1. The van der Waals surface area contributed by atoms with Crippen molar-refractivity contribution >= 4 is 23.2 Å². The molecule has 124 valence electrons. The summed E-state index contributed by atoms with van der Waals surface area (Å²) in [6.45, 7) is 6.41. The molecule has 2 aromatic rings. The van der Waals surface area contributed by atoms with E-state index in [4.69, 9.17) is 0 Å². The summed E-state index contributed by atoms with van der Waals surface area (Å²) in [5.74, 6) is -0.409. The van der Waals surface area contributed by atoms with E-state index in [1.807, 2.05) is 63.2 Å². The molecule has 1 aliphatic rings. The zero-order chi connectivity index (χ0) is 17.3. The van der Waals surface area contributed by atoms with Crippen LogP contribution in [0.1, 0.15) is 23.1 Å². The highest BCUT2D eigenvalue weighted by Gasteiger charge is 2.35. The molecule has 0 aliphatic carbocycles. The molecule has 1 saturated heterocycles. The number of carbonyl (C=O) groups is 2. The van der Waals surface area contributed by atoms with E-state index >= 15 is 0 Å². The van der Waals surface area contributed by atoms with Gasteiger partial charge in [-0.05, 0) is 55.7 Å². The van der Waals surface area contributed by atoms with Crippen LogP contribution in [0.3, 0.4) is 0 Å². The zero-order valence-electron chi connectivity index (χ0n) is 14.3. The molecule has 2 amide bonds. The Balaban J connectivity index is 1.74. The van der Waals surface area contributed by atoms with Gasteiger partial charge in [-0.1, -0.05) is 24.3 Å². The molecule has 1 aliphatic heterocycles. The summed E-state index contributed by atoms with van der Waals surface area (Å²) < 4.78 is 0. The molecule has 0 radical (unpaired) electrons. The standard InChI is InChI=1S/C20H22N2O2/c1-13-5-4-6-17(9-13)21-20(24)16-11-19(23)22(12-16)18-10-14(2)7-8-15(18)3/h4-10,16H,11-12H2,1-3H3,(H,21,24)/t16-/m0/s1. The Bertz CT molecular complexity index is 798. The van der Waals surface area contributed by atoms with Gasteiger partial charge in [-0.3, -0.25) is 9.59 Å². The number of anilines is 2. The fourth-order valence-corrected chi connectivity index (χ4v) is 3.09. The molecule has 3 rings (SSSR count). The van der Waals surface area contributed by atoms with Crippen molar-refractivity contribution in [3.05, 3.63) is 59.2 Å². The molecular weight excluding hydrogens is 300 g/mol. The Morgan fingerprint density at radius 2 is 1.83 bits per heavy atom. The number of nitrogens with one attached hydrogen (secondary N) is 1. The molecule has 4 nitrogen and oxygen atoms in total. The molecule has 0 bridgehead atoms. The van der Waals surface area contributed by atoms with Crippen molar-refractivity contribution < 1.29 is 9.59 Å². The SMILES string of the molecule is Cc1cccc(NC(=O)[C@H]2CC(=O)N(c3cc(C)ccc3C)C2)c1. The molecule has 0 spiro atoms. The Hall–Kier alpha value is -2.62. The molecule has 1 atom stereocenters.